The summed E-state index contributed by atoms with van der Waals surface area (Å²) in [4.78, 5) is 7.03. The Hall–Kier alpha value is -6.13. The molecule has 0 radical (unpaired) electrons. The van der Waals surface area contributed by atoms with Crippen molar-refractivity contribution in [3.8, 4) is 22.6 Å². The first-order chi connectivity index (χ1) is 22.3. The van der Waals surface area contributed by atoms with E-state index >= 15 is 0 Å². The van der Waals surface area contributed by atoms with E-state index in [1.165, 1.54) is 21.9 Å². The lowest BCUT2D eigenvalue weighted by Crippen LogP contribution is -2.09. The Bertz CT molecular complexity index is 2480. The van der Waals surface area contributed by atoms with Gasteiger partial charge in [0.1, 0.15) is 16.7 Å². The third-order valence-electron chi connectivity index (χ3n) is 8.47. The number of rotatable bonds is 5. The fourth-order valence-electron chi connectivity index (χ4n) is 6.23. The van der Waals surface area contributed by atoms with Crippen molar-refractivity contribution in [1.29, 1.82) is 0 Å². The van der Waals surface area contributed by atoms with Crippen LogP contribution in [0.4, 0.5) is 17.1 Å². The Kier molecular flexibility index (Phi) is 5.78. The highest BCUT2D eigenvalue weighted by molar-refractivity contribution is 6.10. The third kappa shape index (κ3) is 4.43. The molecule has 0 amide bonds. The molecule has 4 nitrogen and oxygen atoms in total. The molecular formula is C41H26N2O2. The molecule has 45 heavy (non-hydrogen) atoms. The molecule has 0 aliphatic heterocycles. The minimum absolute atomic E-state index is 0.606. The van der Waals surface area contributed by atoms with Gasteiger partial charge in [0.05, 0.1) is 0 Å². The number of nitrogens with zero attached hydrogens (tertiary/aromatic N) is 2. The summed E-state index contributed by atoms with van der Waals surface area (Å²) < 4.78 is 12.7. The number of fused-ring (bicyclic) bond motifs is 5. The van der Waals surface area contributed by atoms with Gasteiger partial charge in [0, 0.05) is 45.5 Å². The zero-order valence-corrected chi connectivity index (χ0v) is 24.2. The van der Waals surface area contributed by atoms with Crippen LogP contribution in [-0.2, 0) is 0 Å². The molecule has 0 unspecified atom stereocenters. The maximum absolute atomic E-state index is 6.48. The van der Waals surface area contributed by atoms with Crippen LogP contribution in [0.1, 0.15) is 0 Å². The average Bonchev–Trinajstić information content (AvgIpc) is 3.68. The van der Waals surface area contributed by atoms with Crippen LogP contribution in [0.25, 0.3) is 66.4 Å². The molecule has 7 aromatic carbocycles. The minimum atomic E-state index is 0.606. The third-order valence-corrected chi connectivity index (χ3v) is 8.47. The van der Waals surface area contributed by atoms with E-state index in [0.717, 1.165) is 55.7 Å². The Labute approximate surface area is 259 Å². The van der Waals surface area contributed by atoms with Crippen LogP contribution in [-0.4, -0.2) is 4.98 Å². The number of hydrogen-bond donors (Lipinski definition) is 0. The molecule has 0 saturated carbocycles. The van der Waals surface area contributed by atoms with Crippen molar-refractivity contribution < 1.29 is 8.83 Å². The Morgan fingerprint density at radius 3 is 1.82 bits per heavy atom. The van der Waals surface area contributed by atoms with Crippen molar-refractivity contribution in [1.82, 2.24) is 4.98 Å². The van der Waals surface area contributed by atoms with Gasteiger partial charge in [0.15, 0.2) is 5.58 Å². The van der Waals surface area contributed by atoms with E-state index in [9.17, 15) is 0 Å². The van der Waals surface area contributed by atoms with E-state index in [1.807, 2.05) is 48.5 Å². The summed E-state index contributed by atoms with van der Waals surface area (Å²) in [5, 5.41) is 4.44. The van der Waals surface area contributed by atoms with E-state index in [0.29, 0.717) is 5.89 Å². The van der Waals surface area contributed by atoms with Crippen LogP contribution in [0, 0.1) is 0 Å². The first kappa shape index (κ1) is 25.4. The minimum Gasteiger partial charge on any atom is -0.456 e. The summed E-state index contributed by atoms with van der Waals surface area (Å²) in [7, 11) is 0. The van der Waals surface area contributed by atoms with Gasteiger partial charge >= 0.3 is 0 Å². The second-order valence-electron chi connectivity index (χ2n) is 11.3. The molecule has 0 atom stereocenters. The molecule has 2 aromatic heterocycles. The fraction of sp³-hybridized carbons (Fsp3) is 0. The number of benzene rings is 7. The van der Waals surface area contributed by atoms with E-state index in [1.54, 1.807) is 0 Å². The van der Waals surface area contributed by atoms with Crippen LogP contribution in [0.3, 0.4) is 0 Å². The number of aromatic nitrogens is 1. The largest absolute Gasteiger partial charge is 0.456 e. The Balaban J connectivity index is 1.17. The van der Waals surface area contributed by atoms with Crippen molar-refractivity contribution in [3.63, 3.8) is 0 Å². The van der Waals surface area contributed by atoms with Gasteiger partial charge < -0.3 is 13.7 Å². The number of hydrogen-bond acceptors (Lipinski definition) is 4. The lowest BCUT2D eigenvalue weighted by Gasteiger charge is -2.26. The Morgan fingerprint density at radius 2 is 1.02 bits per heavy atom. The summed E-state index contributed by atoms with van der Waals surface area (Å²) in [6.45, 7) is 0. The topological polar surface area (TPSA) is 42.4 Å². The second-order valence-corrected chi connectivity index (χ2v) is 11.3. The molecule has 9 rings (SSSR count). The van der Waals surface area contributed by atoms with Gasteiger partial charge in [-0.05, 0) is 76.5 Å². The van der Waals surface area contributed by atoms with Gasteiger partial charge in [-0.2, -0.15) is 0 Å². The van der Waals surface area contributed by atoms with E-state index in [-0.39, 0.29) is 0 Å². The molecule has 0 spiro atoms. The zero-order chi connectivity index (χ0) is 29.7. The quantitative estimate of drug-likeness (QED) is 0.204. The number of oxazole rings is 1. The highest BCUT2D eigenvalue weighted by atomic mass is 16.4. The van der Waals surface area contributed by atoms with Gasteiger partial charge in [-0.3, -0.25) is 0 Å². The van der Waals surface area contributed by atoms with E-state index in [4.69, 9.17) is 13.8 Å². The van der Waals surface area contributed by atoms with Gasteiger partial charge in [-0.1, -0.05) is 91.0 Å². The summed E-state index contributed by atoms with van der Waals surface area (Å²) in [6, 6.07) is 54.7. The first-order valence-electron chi connectivity index (χ1n) is 15.0. The summed E-state index contributed by atoms with van der Waals surface area (Å²) >= 11 is 0. The van der Waals surface area contributed by atoms with E-state index in [2.05, 4.69) is 114 Å². The average molecular weight is 579 g/mol. The smallest absolute Gasteiger partial charge is 0.227 e. The Morgan fingerprint density at radius 1 is 0.400 bits per heavy atom. The molecule has 0 saturated heterocycles. The molecule has 0 bridgehead atoms. The van der Waals surface area contributed by atoms with E-state index < -0.39 is 0 Å². The van der Waals surface area contributed by atoms with Gasteiger partial charge in [0.25, 0.3) is 0 Å². The molecule has 0 aliphatic rings. The maximum atomic E-state index is 6.48. The van der Waals surface area contributed by atoms with Crippen molar-refractivity contribution in [2.24, 2.45) is 0 Å². The first-order valence-corrected chi connectivity index (χ1v) is 15.0. The molecule has 2 heterocycles. The molecule has 4 heteroatoms. The standard InChI is InChI=1S/C41H26N2O2/c1-3-9-27(10-4-1)29-15-18-32(19-16-29)43(33-20-17-28-11-7-8-14-31(28)23-33)34-21-22-35-36-25-40-37(26-39(36)44-38(35)24-34)42-41(45-40)30-12-5-2-6-13-30/h1-26H. The molecule has 212 valence electrons. The van der Waals surface area contributed by atoms with Crippen LogP contribution in [0.5, 0.6) is 0 Å². The molecule has 0 fully saturated rings. The predicted octanol–water partition coefficient (Wildman–Crippen LogP) is 11.7. The van der Waals surface area contributed by atoms with Crippen molar-refractivity contribution in [2.45, 2.75) is 0 Å². The van der Waals surface area contributed by atoms with Gasteiger partial charge in [-0.25, -0.2) is 4.98 Å². The second kappa shape index (κ2) is 10.2. The van der Waals surface area contributed by atoms with Crippen LogP contribution >= 0.6 is 0 Å². The van der Waals surface area contributed by atoms with Crippen molar-refractivity contribution in [2.75, 3.05) is 4.90 Å². The van der Waals surface area contributed by atoms with Crippen molar-refractivity contribution >= 4 is 60.9 Å². The molecule has 0 aliphatic carbocycles. The number of furan rings is 1. The molecular weight excluding hydrogens is 552 g/mol. The highest BCUT2D eigenvalue weighted by Crippen LogP contribution is 2.41. The van der Waals surface area contributed by atoms with Crippen LogP contribution in [0.15, 0.2) is 167 Å². The fourth-order valence-corrected chi connectivity index (χ4v) is 6.23. The number of anilines is 3. The lowest BCUT2D eigenvalue weighted by atomic mass is 10.0. The van der Waals surface area contributed by atoms with Crippen LogP contribution in [0.2, 0.25) is 0 Å². The maximum Gasteiger partial charge on any atom is 0.227 e. The molecule has 9 aromatic rings. The predicted molar refractivity (Wildman–Crippen MR) is 184 cm³/mol. The lowest BCUT2D eigenvalue weighted by molar-refractivity contribution is 0.620. The highest BCUT2D eigenvalue weighted by Gasteiger charge is 2.18. The summed E-state index contributed by atoms with van der Waals surface area (Å²) in [5.41, 5.74) is 9.59. The van der Waals surface area contributed by atoms with Gasteiger partial charge in [0.2, 0.25) is 5.89 Å². The van der Waals surface area contributed by atoms with Gasteiger partial charge in [-0.15, -0.1) is 0 Å². The summed E-state index contributed by atoms with van der Waals surface area (Å²) in [5.74, 6) is 0.606. The molecule has 0 N–H and O–H groups in total. The zero-order valence-electron chi connectivity index (χ0n) is 24.2. The van der Waals surface area contributed by atoms with Crippen LogP contribution < -0.4 is 4.90 Å². The summed E-state index contributed by atoms with van der Waals surface area (Å²) in [6.07, 6.45) is 0. The monoisotopic (exact) mass is 578 g/mol. The SMILES string of the molecule is c1ccc(-c2ccc(N(c3ccc4ccccc4c3)c3ccc4c(c3)oc3cc5nc(-c6ccccc6)oc5cc34)cc2)cc1. The van der Waals surface area contributed by atoms with Crippen molar-refractivity contribution in [3.05, 3.63) is 158 Å². The normalized spacial score (nSPS) is 11.6.